The molecule has 3 aromatic rings. The summed E-state index contributed by atoms with van der Waals surface area (Å²) in [5, 5.41) is 12.6. The summed E-state index contributed by atoms with van der Waals surface area (Å²) in [7, 11) is 1.85. The number of pyridine rings is 1. The molecular formula is C19H24N6O2. The van der Waals surface area contributed by atoms with Crippen molar-refractivity contribution in [3.8, 4) is 11.4 Å². The zero-order valence-electron chi connectivity index (χ0n) is 16.1. The van der Waals surface area contributed by atoms with Crippen molar-refractivity contribution in [3.05, 3.63) is 54.6 Å². The normalized spacial score (nSPS) is 10.7. The molecule has 3 heterocycles. The van der Waals surface area contributed by atoms with Gasteiger partial charge in [0.15, 0.2) is 0 Å². The second-order valence-corrected chi connectivity index (χ2v) is 6.10. The third-order valence-electron chi connectivity index (χ3n) is 3.59. The molecular weight excluding hydrogens is 344 g/mol. The molecule has 27 heavy (non-hydrogen) atoms. The van der Waals surface area contributed by atoms with Gasteiger partial charge in [0.05, 0.1) is 41.5 Å². The molecule has 0 aliphatic heterocycles. The number of nitrogens with zero attached hydrogens (tertiary/aromatic N) is 5. The second-order valence-electron chi connectivity index (χ2n) is 6.10. The van der Waals surface area contributed by atoms with E-state index in [0.717, 1.165) is 5.69 Å². The van der Waals surface area contributed by atoms with Crippen molar-refractivity contribution in [2.45, 2.75) is 33.3 Å². The molecule has 0 aliphatic rings. The number of carbonyl (C=O) groups is 1. The quantitative estimate of drug-likeness (QED) is 0.733. The zero-order valence-corrected chi connectivity index (χ0v) is 16.1. The van der Waals surface area contributed by atoms with Crippen molar-refractivity contribution in [2.24, 2.45) is 7.05 Å². The van der Waals surface area contributed by atoms with E-state index in [4.69, 9.17) is 0 Å². The Labute approximate surface area is 158 Å². The highest BCUT2D eigenvalue weighted by atomic mass is 16.3. The van der Waals surface area contributed by atoms with Crippen LogP contribution in [0.2, 0.25) is 0 Å². The van der Waals surface area contributed by atoms with Crippen molar-refractivity contribution < 1.29 is 9.90 Å². The standard InChI is InChI=1S/C17H18N6O2.C2H6/c1-17(2,25)14-5-4-11(8-20-14)21-16(24)15-19-7-6-12(22-15)13-9-18-10-23(13)3;1-2/h4-10,25H,1-3H3,(H,21,24);1-2H3. The third kappa shape index (κ3) is 4.95. The molecule has 0 spiro atoms. The Morgan fingerprint density at radius 3 is 2.44 bits per heavy atom. The first-order valence-electron chi connectivity index (χ1n) is 8.64. The minimum Gasteiger partial charge on any atom is -0.384 e. The van der Waals surface area contributed by atoms with E-state index in [2.05, 4.69) is 25.3 Å². The lowest BCUT2D eigenvalue weighted by Gasteiger charge is -2.16. The van der Waals surface area contributed by atoms with Crippen LogP contribution in [0.3, 0.4) is 0 Å². The van der Waals surface area contributed by atoms with Crippen molar-refractivity contribution in [1.82, 2.24) is 24.5 Å². The van der Waals surface area contributed by atoms with E-state index in [1.165, 1.54) is 12.4 Å². The zero-order chi connectivity index (χ0) is 20.0. The van der Waals surface area contributed by atoms with Gasteiger partial charge in [-0.3, -0.25) is 9.78 Å². The van der Waals surface area contributed by atoms with Gasteiger partial charge in [0.1, 0.15) is 5.60 Å². The Balaban J connectivity index is 0.00000126. The molecule has 2 N–H and O–H groups in total. The molecule has 0 atom stereocenters. The van der Waals surface area contributed by atoms with Crippen LogP contribution in [0.1, 0.15) is 44.0 Å². The molecule has 0 aromatic carbocycles. The van der Waals surface area contributed by atoms with Gasteiger partial charge in [0.2, 0.25) is 5.82 Å². The number of aromatic nitrogens is 5. The number of aryl methyl sites for hydroxylation is 1. The van der Waals surface area contributed by atoms with Crippen LogP contribution in [0.15, 0.2) is 43.1 Å². The summed E-state index contributed by atoms with van der Waals surface area (Å²) in [6.07, 6.45) is 6.34. The molecule has 1 amide bonds. The highest BCUT2D eigenvalue weighted by Crippen LogP contribution is 2.19. The van der Waals surface area contributed by atoms with Gasteiger partial charge >= 0.3 is 0 Å². The summed E-state index contributed by atoms with van der Waals surface area (Å²) in [5.74, 6) is -0.396. The van der Waals surface area contributed by atoms with Gasteiger partial charge in [-0.1, -0.05) is 13.8 Å². The Bertz CT molecular complexity index is 897. The number of rotatable bonds is 4. The van der Waals surface area contributed by atoms with Crippen LogP contribution in [0.5, 0.6) is 0 Å². The minimum absolute atomic E-state index is 0.0465. The van der Waals surface area contributed by atoms with Crippen LogP contribution in [0, 0.1) is 0 Å². The summed E-state index contributed by atoms with van der Waals surface area (Å²) < 4.78 is 1.81. The van der Waals surface area contributed by atoms with E-state index in [0.29, 0.717) is 17.1 Å². The lowest BCUT2D eigenvalue weighted by atomic mass is 10.1. The van der Waals surface area contributed by atoms with Crippen LogP contribution < -0.4 is 5.32 Å². The number of amides is 1. The molecule has 0 saturated heterocycles. The largest absolute Gasteiger partial charge is 0.384 e. The van der Waals surface area contributed by atoms with Gasteiger partial charge in [-0.15, -0.1) is 0 Å². The van der Waals surface area contributed by atoms with Gasteiger partial charge in [-0.05, 0) is 32.0 Å². The Hall–Kier alpha value is -3.13. The van der Waals surface area contributed by atoms with Crippen molar-refractivity contribution in [3.63, 3.8) is 0 Å². The molecule has 0 unspecified atom stereocenters. The predicted octanol–water partition coefficient (Wildman–Crippen LogP) is 2.78. The van der Waals surface area contributed by atoms with Crippen molar-refractivity contribution in [2.75, 3.05) is 5.32 Å². The predicted molar refractivity (Wildman–Crippen MR) is 103 cm³/mol. The number of hydrogen-bond acceptors (Lipinski definition) is 6. The molecule has 0 radical (unpaired) electrons. The van der Waals surface area contributed by atoms with E-state index in [1.54, 1.807) is 44.6 Å². The molecule has 0 aliphatic carbocycles. The van der Waals surface area contributed by atoms with E-state index in [1.807, 2.05) is 25.5 Å². The van der Waals surface area contributed by atoms with Crippen LogP contribution in [-0.4, -0.2) is 35.5 Å². The third-order valence-corrected chi connectivity index (χ3v) is 3.59. The number of hydrogen-bond donors (Lipinski definition) is 2. The van der Waals surface area contributed by atoms with E-state index in [-0.39, 0.29) is 5.82 Å². The molecule has 0 fully saturated rings. The highest BCUT2D eigenvalue weighted by Gasteiger charge is 2.18. The topological polar surface area (TPSA) is 106 Å². The lowest BCUT2D eigenvalue weighted by molar-refractivity contribution is 0.0739. The molecule has 0 saturated carbocycles. The molecule has 3 rings (SSSR count). The van der Waals surface area contributed by atoms with E-state index >= 15 is 0 Å². The molecule has 8 nitrogen and oxygen atoms in total. The fourth-order valence-corrected chi connectivity index (χ4v) is 2.23. The van der Waals surface area contributed by atoms with Gasteiger partial charge in [-0.2, -0.15) is 0 Å². The van der Waals surface area contributed by atoms with Crippen LogP contribution in [0.25, 0.3) is 11.4 Å². The van der Waals surface area contributed by atoms with Gasteiger partial charge in [-0.25, -0.2) is 15.0 Å². The summed E-state index contributed by atoms with van der Waals surface area (Å²) >= 11 is 0. The number of aliphatic hydroxyl groups is 1. The maximum atomic E-state index is 12.4. The summed E-state index contributed by atoms with van der Waals surface area (Å²) in [6, 6.07) is 5.04. The average Bonchev–Trinajstić information content (AvgIpc) is 3.09. The summed E-state index contributed by atoms with van der Waals surface area (Å²) in [6.45, 7) is 7.29. The minimum atomic E-state index is -1.04. The van der Waals surface area contributed by atoms with Gasteiger partial charge < -0.3 is 15.0 Å². The first-order valence-corrected chi connectivity index (χ1v) is 8.64. The van der Waals surface area contributed by atoms with Crippen molar-refractivity contribution in [1.29, 1.82) is 0 Å². The maximum Gasteiger partial charge on any atom is 0.293 e. The van der Waals surface area contributed by atoms with E-state index < -0.39 is 11.5 Å². The molecule has 0 bridgehead atoms. The molecule has 3 aromatic heterocycles. The number of carbonyl (C=O) groups excluding carboxylic acids is 1. The lowest BCUT2D eigenvalue weighted by Crippen LogP contribution is -2.19. The van der Waals surface area contributed by atoms with Crippen LogP contribution >= 0.6 is 0 Å². The van der Waals surface area contributed by atoms with Gasteiger partial charge in [0, 0.05) is 13.2 Å². The summed E-state index contributed by atoms with van der Waals surface area (Å²) in [4.78, 5) is 28.9. The first-order chi connectivity index (χ1) is 12.8. The van der Waals surface area contributed by atoms with E-state index in [9.17, 15) is 9.90 Å². The Morgan fingerprint density at radius 2 is 1.89 bits per heavy atom. The fraction of sp³-hybridized carbons (Fsp3) is 0.316. The van der Waals surface area contributed by atoms with Crippen LogP contribution in [-0.2, 0) is 12.6 Å². The second kappa shape index (κ2) is 8.50. The monoisotopic (exact) mass is 368 g/mol. The van der Waals surface area contributed by atoms with Crippen molar-refractivity contribution >= 4 is 11.6 Å². The number of nitrogens with one attached hydrogen (secondary N) is 1. The maximum absolute atomic E-state index is 12.4. The van der Waals surface area contributed by atoms with Gasteiger partial charge in [0.25, 0.3) is 5.91 Å². The molecule has 142 valence electrons. The highest BCUT2D eigenvalue weighted by molar-refractivity contribution is 6.01. The molecule has 8 heteroatoms. The smallest absolute Gasteiger partial charge is 0.293 e. The number of anilines is 1. The van der Waals surface area contributed by atoms with Crippen LogP contribution in [0.4, 0.5) is 5.69 Å². The Morgan fingerprint density at radius 1 is 1.15 bits per heavy atom. The average molecular weight is 368 g/mol. The Kier molecular flexibility index (Phi) is 6.36. The fourth-order valence-electron chi connectivity index (χ4n) is 2.23. The summed E-state index contributed by atoms with van der Waals surface area (Å²) in [5.41, 5.74) is 1.36. The number of imidazole rings is 1. The first kappa shape index (κ1) is 20.2. The SMILES string of the molecule is CC.Cn1cncc1-c1ccnc(C(=O)Nc2ccc(C(C)(C)O)nc2)n1.